The first-order valence-electron chi connectivity index (χ1n) is 16.7. The fraction of sp³-hybridized carbons (Fsp3) is 0.526. The number of nitrogen functional groups attached to an aromatic ring is 2. The van der Waals surface area contributed by atoms with Crippen molar-refractivity contribution in [1.29, 1.82) is 0 Å². The van der Waals surface area contributed by atoms with Crippen molar-refractivity contribution in [2.24, 2.45) is 35.5 Å². The van der Waals surface area contributed by atoms with E-state index in [0.717, 1.165) is 69.9 Å². The Bertz CT molecular complexity index is 1320. The number of benzene rings is 3. The molecule has 0 saturated heterocycles. The van der Waals surface area contributed by atoms with Gasteiger partial charge < -0.3 is 20.9 Å². The lowest BCUT2D eigenvalue weighted by atomic mass is 9.47. The molecule has 8 fully saturated rings. The average Bonchev–Trinajstić information content (AvgIpc) is 2.94. The molecule has 0 radical (unpaired) electrons. The van der Waals surface area contributed by atoms with Gasteiger partial charge in [0.15, 0.2) is 0 Å². The molecular formula is C38H44N2O2. The van der Waals surface area contributed by atoms with Crippen LogP contribution in [0.4, 0.5) is 11.4 Å². The Morgan fingerprint density at radius 3 is 1.02 bits per heavy atom. The van der Waals surface area contributed by atoms with Crippen LogP contribution in [0.1, 0.15) is 88.2 Å². The maximum Gasteiger partial charge on any atom is 0.131 e. The molecule has 4 N–H and O–H groups in total. The highest BCUT2D eigenvalue weighted by molar-refractivity contribution is 5.57. The molecular weight excluding hydrogens is 516 g/mol. The SMILES string of the molecule is Nc1ccc(Oc2cc(C34CC5CC(CC(C5)C3)C4)c(Oc3ccc(N)cc3)cc2C23CC4CC(CC(C4)C2)C3)cc1. The van der Waals surface area contributed by atoms with Gasteiger partial charge in [-0.25, -0.2) is 0 Å². The molecule has 8 saturated carbocycles. The van der Waals surface area contributed by atoms with Crippen molar-refractivity contribution in [3.63, 3.8) is 0 Å². The molecule has 0 aromatic heterocycles. The summed E-state index contributed by atoms with van der Waals surface area (Å²) in [6.45, 7) is 0. The normalized spacial score (nSPS) is 37.2. The van der Waals surface area contributed by atoms with Gasteiger partial charge in [0.2, 0.25) is 0 Å². The highest BCUT2D eigenvalue weighted by Crippen LogP contribution is 2.65. The van der Waals surface area contributed by atoms with E-state index in [1.807, 2.05) is 48.5 Å². The lowest BCUT2D eigenvalue weighted by Crippen LogP contribution is -2.49. The van der Waals surface area contributed by atoms with E-state index in [1.165, 1.54) is 88.2 Å². The highest BCUT2D eigenvalue weighted by atomic mass is 16.5. The Labute approximate surface area is 250 Å². The van der Waals surface area contributed by atoms with E-state index in [1.54, 1.807) is 0 Å². The minimum Gasteiger partial charge on any atom is -0.457 e. The van der Waals surface area contributed by atoms with Crippen LogP contribution in [-0.2, 0) is 10.8 Å². The fourth-order valence-corrected chi connectivity index (χ4v) is 11.8. The number of anilines is 2. The number of hydrogen-bond donors (Lipinski definition) is 2. The summed E-state index contributed by atoms with van der Waals surface area (Å²) >= 11 is 0. The van der Waals surface area contributed by atoms with Gasteiger partial charge in [-0.05, 0) is 184 Å². The zero-order chi connectivity index (χ0) is 28.1. The van der Waals surface area contributed by atoms with E-state index in [0.29, 0.717) is 0 Å². The van der Waals surface area contributed by atoms with E-state index in [2.05, 4.69) is 12.1 Å². The fourth-order valence-electron chi connectivity index (χ4n) is 11.8. The van der Waals surface area contributed by atoms with Crippen LogP contribution >= 0.6 is 0 Å². The molecule has 0 unspecified atom stereocenters. The molecule has 0 aliphatic heterocycles. The van der Waals surface area contributed by atoms with E-state index in [9.17, 15) is 0 Å². The molecule has 0 amide bonds. The number of nitrogens with two attached hydrogens (primary N) is 2. The van der Waals surface area contributed by atoms with Crippen molar-refractivity contribution in [2.45, 2.75) is 87.9 Å². The predicted octanol–water partition coefficient (Wildman–Crippen LogP) is 9.37. The third-order valence-corrected chi connectivity index (χ3v) is 12.5. The first-order chi connectivity index (χ1) is 20.4. The Morgan fingerprint density at radius 1 is 0.452 bits per heavy atom. The number of hydrogen-bond acceptors (Lipinski definition) is 4. The summed E-state index contributed by atoms with van der Waals surface area (Å²) < 4.78 is 13.9. The van der Waals surface area contributed by atoms with Gasteiger partial charge >= 0.3 is 0 Å². The van der Waals surface area contributed by atoms with E-state index in [4.69, 9.17) is 20.9 Å². The molecule has 8 aliphatic rings. The third-order valence-electron chi connectivity index (χ3n) is 12.5. The molecule has 218 valence electrons. The third kappa shape index (κ3) is 4.15. The molecule has 3 aromatic carbocycles. The smallest absolute Gasteiger partial charge is 0.131 e. The summed E-state index contributed by atoms with van der Waals surface area (Å²) in [6.07, 6.45) is 16.3. The molecule has 4 heteroatoms. The Morgan fingerprint density at radius 2 is 0.738 bits per heavy atom. The maximum atomic E-state index is 6.95. The second-order valence-corrected chi connectivity index (χ2v) is 15.6. The van der Waals surface area contributed by atoms with Gasteiger partial charge in [0.25, 0.3) is 0 Å². The Hall–Kier alpha value is -3.14. The van der Waals surface area contributed by atoms with Crippen molar-refractivity contribution in [2.75, 3.05) is 11.5 Å². The van der Waals surface area contributed by atoms with Crippen molar-refractivity contribution >= 4 is 11.4 Å². The van der Waals surface area contributed by atoms with Crippen LogP contribution in [0, 0.1) is 35.5 Å². The predicted molar refractivity (Wildman–Crippen MR) is 168 cm³/mol. The van der Waals surface area contributed by atoms with Gasteiger partial charge in [-0.2, -0.15) is 0 Å². The van der Waals surface area contributed by atoms with Crippen molar-refractivity contribution in [3.8, 4) is 23.0 Å². The summed E-state index contributed by atoms with van der Waals surface area (Å²) in [6, 6.07) is 20.9. The molecule has 0 atom stereocenters. The van der Waals surface area contributed by atoms with Crippen molar-refractivity contribution in [1.82, 2.24) is 0 Å². The standard InChI is InChI=1S/C38H44N2O2/c39-29-1-5-31(6-2-29)41-35-15-34(38-20-26-12-27(21-38)14-28(13-26)22-38)36(42-32-7-3-30(40)4-8-32)16-33(35)37-17-23-9-24(18-37)11-25(10-23)19-37/h1-8,15-16,23-28H,9-14,17-22,39-40H2. The van der Waals surface area contributed by atoms with E-state index < -0.39 is 0 Å². The van der Waals surface area contributed by atoms with Crippen LogP contribution in [0.2, 0.25) is 0 Å². The minimum absolute atomic E-state index is 0.178. The number of rotatable bonds is 6. The van der Waals surface area contributed by atoms with Gasteiger partial charge in [0, 0.05) is 22.5 Å². The topological polar surface area (TPSA) is 70.5 Å². The summed E-state index contributed by atoms with van der Waals surface area (Å²) in [5.41, 5.74) is 16.8. The van der Waals surface area contributed by atoms with Crippen molar-refractivity contribution < 1.29 is 9.47 Å². The molecule has 3 aromatic rings. The van der Waals surface area contributed by atoms with Gasteiger partial charge in [0.05, 0.1) is 0 Å². The lowest BCUT2D eigenvalue weighted by Gasteiger charge is -2.58. The molecule has 42 heavy (non-hydrogen) atoms. The molecule has 8 aliphatic carbocycles. The van der Waals surface area contributed by atoms with Gasteiger partial charge in [0.1, 0.15) is 23.0 Å². The molecule has 0 spiro atoms. The molecule has 4 nitrogen and oxygen atoms in total. The Balaban J connectivity index is 1.22. The number of ether oxygens (including phenoxy) is 2. The zero-order valence-corrected chi connectivity index (χ0v) is 24.7. The maximum absolute atomic E-state index is 6.95. The highest BCUT2D eigenvalue weighted by Gasteiger charge is 2.55. The van der Waals surface area contributed by atoms with Crippen LogP contribution in [0.5, 0.6) is 23.0 Å². The summed E-state index contributed by atoms with van der Waals surface area (Å²) in [5, 5.41) is 0. The first-order valence-corrected chi connectivity index (χ1v) is 16.7. The second-order valence-electron chi connectivity index (χ2n) is 15.6. The van der Waals surface area contributed by atoms with Gasteiger partial charge in [-0.15, -0.1) is 0 Å². The second kappa shape index (κ2) is 9.18. The monoisotopic (exact) mass is 560 g/mol. The van der Waals surface area contributed by atoms with Crippen LogP contribution in [0.25, 0.3) is 0 Å². The quantitative estimate of drug-likeness (QED) is 0.295. The van der Waals surface area contributed by atoms with Crippen LogP contribution in [0.3, 0.4) is 0 Å². The molecule has 11 rings (SSSR count). The summed E-state index contributed by atoms with van der Waals surface area (Å²) in [4.78, 5) is 0. The largest absolute Gasteiger partial charge is 0.457 e. The van der Waals surface area contributed by atoms with Crippen molar-refractivity contribution in [3.05, 3.63) is 71.8 Å². The first kappa shape index (κ1) is 25.4. The Kier molecular flexibility index (Phi) is 5.54. The van der Waals surface area contributed by atoms with Gasteiger partial charge in [-0.3, -0.25) is 0 Å². The van der Waals surface area contributed by atoms with Crippen LogP contribution < -0.4 is 20.9 Å². The molecule has 8 bridgehead atoms. The van der Waals surface area contributed by atoms with Crippen LogP contribution in [0.15, 0.2) is 60.7 Å². The molecule has 0 heterocycles. The van der Waals surface area contributed by atoms with E-state index in [-0.39, 0.29) is 10.8 Å². The summed E-state index contributed by atoms with van der Waals surface area (Å²) in [5.74, 6) is 8.99. The summed E-state index contributed by atoms with van der Waals surface area (Å²) in [7, 11) is 0. The van der Waals surface area contributed by atoms with E-state index >= 15 is 0 Å². The zero-order valence-electron chi connectivity index (χ0n) is 24.7. The lowest BCUT2D eigenvalue weighted by molar-refractivity contribution is -0.00824. The average molecular weight is 561 g/mol. The minimum atomic E-state index is 0.178. The van der Waals surface area contributed by atoms with Gasteiger partial charge in [-0.1, -0.05) is 0 Å². The van der Waals surface area contributed by atoms with Crippen LogP contribution in [-0.4, -0.2) is 0 Å².